The first-order chi connectivity index (χ1) is 13.2. The molecule has 27 heavy (non-hydrogen) atoms. The minimum Gasteiger partial charge on any atom is -0.361 e. The second kappa shape index (κ2) is 6.05. The molecule has 3 heterocycles. The number of carbonyl (C=O) groups is 1. The van der Waals surface area contributed by atoms with Crippen molar-refractivity contribution >= 4 is 22.5 Å². The number of carbonyl (C=O) groups excluding carboxylic acids is 1. The Hall–Kier alpha value is -3.48. The Morgan fingerprint density at radius 3 is 2.96 bits per heavy atom. The van der Waals surface area contributed by atoms with Gasteiger partial charge in [-0.05, 0) is 35.7 Å². The molecule has 5 rings (SSSR count). The van der Waals surface area contributed by atoms with Crippen LogP contribution in [0.5, 0.6) is 0 Å². The van der Waals surface area contributed by atoms with Crippen LogP contribution in [0.2, 0.25) is 0 Å². The summed E-state index contributed by atoms with van der Waals surface area (Å²) in [5, 5.41) is 5.16. The molecular formula is C20H15FN4O2. The van der Waals surface area contributed by atoms with Crippen LogP contribution in [0.4, 0.5) is 10.1 Å². The van der Waals surface area contributed by atoms with Gasteiger partial charge in [0.2, 0.25) is 5.91 Å². The van der Waals surface area contributed by atoms with E-state index in [9.17, 15) is 9.18 Å². The molecule has 1 atom stereocenters. The van der Waals surface area contributed by atoms with Crippen LogP contribution in [0.15, 0.2) is 59.3 Å². The number of aromatic amines is 1. The minimum atomic E-state index is -0.417. The quantitative estimate of drug-likeness (QED) is 0.600. The SMILES string of the molecule is O=C1CC(c2noc(-c3ccc4cc[nH]c4c3)n2)CN1c1ccccc1F. The molecule has 6 nitrogen and oxygen atoms in total. The van der Waals surface area contributed by atoms with Crippen molar-refractivity contribution in [1.29, 1.82) is 0 Å². The van der Waals surface area contributed by atoms with E-state index in [1.165, 1.54) is 11.0 Å². The van der Waals surface area contributed by atoms with Crippen molar-refractivity contribution in [2.75, 3.05) is 11.4 Å². The highest BCUT2D eigenvalue weighted by atomic mass is 19.1. The third kappa shape index (κ3) is 2.68. The molecule has 0 aliphatic carbocycles. The number of hydrogen-bond acceptors (Lipinski definition) is 4. The van der Waals surface area contributed by atoms with Crippen LogP contribution < -0.4 is 4.90 Å². The van der Waals surface area contributed by atoms with Crippen LogP contribution >= 0.6 is 0 Å². The van der Waals surface area contributed by atoms with E-state index in [-0.39, 0.29) is 23.9 Å². The number of anilines is 1. The average molecular weight is 362 g/mol. The van der Waals surface area contributed by atoms with E-state index in [2.05, 4.69) is 15.1 Å². The molecule has 1 fully saturated rings. The Labute approximate surface area is 153 Å². The highest BCUT2D eigenvalue weighted by molar-refractivity contribution is 5.96. The Bertz CT molecular complexity index is 1150. The molecule has 134 valence electrons. The maximum atomic E-state index is 14.0. The lowest BCUT2D eigenvalue weighted by molar-refractivity contribution is -0.117. The van der Waals surface area contributed by atoms with Gasteiger partial charge in [0.25, 0.3) is 5.89 Å². The van der Waals surface area contributed by atoms with Crippen LogP contribution in [0.25, 0.3) is 22.4 Å². The Balaban J connectivity index is 1.41. The van der Waals surface area contributed by atoms with Crippen molar-refractivity contribution in [2.24, 2.45) is 0 Å². The third-order valence-corrected chi connectivity index (χ3v) is 4.88. The van der Waals surface area contributed by atoms with Crippen LogP contribution in [0, 0.1) is 5.82 Å². The lowest BCUT2D eigenvalue weighted by Crippen LogP contribution is -2.25. The number of rotatable bonds is 3. The molecule has 2 aromatic heterocycles. The van der Waals surface area contributed by atoms with Crippen molar-refractivity contribution in [3.05, 3.63) is 66.4 Å². The summed E-state index contributed by atoms with van der Waals surface area (Å²) in [4.78, 5) is 21.4. The van der Waals surface area contributed by atoms with Crippen molar-refractivity contribution in [3.63, 3.8) is 0 Å². The lowest BCUT2D eigenvalue weighted by atomic mass is 10.1. The van der Waals surface area contributed by atoms with E-state index in [4.69, 9.17) is 4.52 Å². The smallest absolute Gasteiger partial charge is 0.258 e. The highest BCUT2D eigenvalue weighted by Gasteiger charge is 2.35. The zero-order valence-electron chi connectivity index (χ0n) is 14.2. The molecule has 1 saturated heterocycles. The number of halogens is 1. The molecule has 4 aromatic rings. The van der Waals surface area contributed by atoms with Gasteiger partial charge in [-0.15, -0.1) is 0 Å². The van der Waals surface area contributed by atoms with Gasteiger partial charge in [-0.25, -0.2) is 4.39 Å². The van der Waals surface area contributed by atoms with E-state index in [1.807, 2.05) is 30.5 Å². The molecule has 2 aromatic carbocycles. The second-order valence-corrected chi connectivity index (χ2v) is 6.59. The van der Waals surface area contributed by atoms with Crippen molar-refractivity contribution < 1.29 is 13.7 Å². The highest BCUT2D eigenvalue weighted by Crippen LogP contribution is 2.33. The van der Waals surface area contributed by atoms with Gasteiger partial charge in [0.05, 0.1) is 5.69 Å². The number of amides is 1. The van der Waals surface area contributed by atoms with Crippen LogP contribution in [-0.2, 0) is 4.79 Å². The van der Waals surface area contributed by atoms with Gasteiger partial charge >= 0.3 is 0 Å². The Morgan fingerprint density at radius 2 is 2.07 bits per heavy atom. The predicted molar refractivity (Wildman–Crippen MR) is 97.7 cm³/mol. The minimum absolute atomic E-state index is 0.149. The second-order valence-electron chi connectivity index (χ2n) is 6.59. The van der Waals surface area contributed by atoms with E-state index in [0.29, 0.717) is 18.3 Å². The zero-order chi connectivity index (χ0) is 18.4. The molecule has 0 saturated carbocycles. The largest absolute Gasteiger partial charge is 0.361 e. The fourth-order valence-electron chi connectivity index (χ4n) is 3.48. The molecule has 1 unspecified atom stereocenters. The van der Waals surface area contributed by atoms with E-state index in [0.717, 1.165) is 16.5 Å². The van der Waals surface area contributed by atoms with Crippen LogP contribution in [0.3, 0.4) is 0 Å². The van der Waals surface area contributed by atoms with E-state index < -0.39 is 5.82 Å². The van der Waals surface area contributed by atoms with Gasteiger partial charge in [-0.3, -0.25) is 4.79 Å². The predicted octanol–water partition coefficient (Wildman–Crippen LogP) is 3.88. The summed E-state index contributed by atoms with van der Waals surface area (Å²) >= 11 is 0. The molecule has 0 radical (unpaired) electrons. The summed E-state index contributed by atoms with van der Waals surface area (Å²) < 4.78 is 19.4. The molecule has 0 spiro atoms. The standard InChI is InChI=1S/C20H15FN4O2/c21-15-3-1-2-4-17(15)25-11-14(10-18(25)26)19-23-20(27-24-19)13-6-5-12-7-8-22-16(12)9-13/h1-9,14,22H,10-11H2. The van der Waals surface area contributed by atoms with Gasteiger partial charge in [0.1, 0.15) is 5.82 Å². The number of nitrogens with one attached hydrogen (secondary N) is 1. The normalized spacial score (nSPS) is 17.1. The van der Waals surface area contributed by atoms with Gasteiger partial charge in [-0.2, -0.15) is 4.98 Å². The first-order valence-corrected chi connectivity index (χ1v) is 8.65. The van der Waals surface area contributed by atoms with Crippen LogP contribution in [-0.4, -0.2) is 27.6 Å². The first-order valence-electron chi connectivity index (χ1n) is 8.65. The van der Waals surface area contributed by atoms with Gasteiger partial charge in [-0.1, -0.05) is 23.4 Å². The molecule has 0 bridgehead atoms. The number of hydrogen-bond donors (Lipinski definition) is 1. The number of benzene rings is 2. The topological polar surface area (TPSA) is 75.0 Å². The van der Waals surface area contributed by atoms with Crippen molar-refractivity contribution in [2.45, 2.75) is 12.3 Å². The summed E-state index contributed by atoms with van der Waals surface area (Å²) in [6.07, 6.45) is 2.10. The summed E-state index contributed by atoms with van der Waals surface area (Å²) in [6, 6.07) is 14.1. The van der Waals surface area contributed by atoms with Crippen LogP contribution in [0.1, 0.15) is 18.2 Å². The maximum Gasteiger partial charge on any atom is 0.258 e. The summed E-state index contributed by atoms with van der Waals surface area (Å²) in [5.74, 6) is 0.0645. The molecule has 1 aliphatic rings. The van der Waals surface area contributed by atoms with Crippen molar-refractivity contribution in [1.82, 2.24) is 15.1 Å². The van der Waals surface area contributed by atoms with Gasteiger partial charge < -0.3 is 14.4 Å². The summed E-state index contributed by atoms with van der Waals surface area (Å²) in [6.45, 7) is 0.328. The van der Waals surface area contributed by atoms with Gasteiger partial charge in [0.15, 0.2) is 5.82 Å². The lowest BCUT2D eigenvalue weighted by Gasteiger charge is -2.16. The molecule has 7 heteroatoms. The zero-order valence-corrected chi connectivity index (χ0v) is 14.2. The fourth-order valence-corrected chi connectivity index (χ4v) is 3.48. The average Bonchev–Trinajstić information content (AvgIpc) is 3.40. The maximum absolute atomic E-state index is 14.0. The van der Waals surface area contributed by atoms with E-state index in [1.54, 1.807) is 18.2 Å². The third-order valence-electron chi connectivity index (χ3n) is 4.88. The first kappa shape index (κ1) is 15.7. The molecule has 1 amide bonds. The number of aromatic nitrogens is 3. The van der Waals surface area contributed by atoms with Crippen molar-refractivity contribution in [3.8, 4) is 11.5 Å². The Morgan fingerprint density at radius 1 is 1.19 bits per heavy atom. The summed E-state index contributed by atoms with van der Waals surface area (Å²) in [7, 11) is 0. The fraction of sp³-hybridized carbons (Fsp3) is 0.150. The summed E-state index contributed by atoms with van der Waals surface area (Å²) in [5.41, 5.74) is 2.07. The monoisotopic (exact) mass is 362 g/mol. The molecule has 1 N–H and O–H groups in total. The Kier molecular flexibility index (Phi) is 3.53. The number of fused-ring (bicyclic) bond motifs is 1. The molecular weight excluding hydrogens is 347 g/mol. The number of para-hydroxylation sites is 1. The number of nitrogens with zero attached hydrogens (tertiary/aromatic N) is 3. The molecule has 1 aliphatic heterocycles. The number of H-pyrrole nitrogens is 1. The van der Waals surface area contributed by atoms with E-state index >= 15 is 0 Å². The van der Waals surface area contributed by atoms with Gasteiger partial charge in [0, 0.05) is 36.2 Å².